The van der Waals surface area contributed by atoms with Crippen molar-refractivity contribution in [3.63, 3.8) is 0 Å². The van der Waals surface area contributed by atoms with Crippen LogP contribution in [0.2, 0.25) is 5.02 Å². The second kappa shape index (κ2) is 8.11. The highest BCUT2D eigenvalue weighted by molar-refractivity contribution is 6.31. The molecule has 0 spiro atoms. The van der Waals surface area contributed by atoms with Gasteiger partial charge in [-0.1, -0.05) is 29.8 Å². The van der Waals surface area contributed by atoms with Gasteiger partial charge in [-0.3, -0.25) is 0 Å². The Morgan fingerprint density at radius 1 is 1.20 bits per heavy atom. The minimum Gasteiger partial charge on any atom is -0.496 e. The van der Waals surface area contributed by atoms with Gasteiger partial charge in [-0.15, -0.1) is 0 Å². The lowest BCUT2D eigenvalue weighted by molar-refractivity contribution is -0.137. The lowest BCUT2D eigenvalue weighted by atomic mass is 10.1. The number of hydrogen-bond donors (Lipinski definition) is 2. The Morgan fingerprint density at radius 3 is 2.60 bits per heavy atom. The molecule has 8 heteroatoms. The summed E-state index contributed by atoms with van der Waals surface area (Å²) in [7, 11) is 1.55. The number of rotatable bonds is 5. The number of amides is 2. The summed E-state index contributed by atoms with van der Waals surface area (Å²) >= 11 is 5.54. The van der Waals surface area contributed by atoms with E-state index in [1.165, 1.54) is 6.07 Å². The van der Waals surface area contributed by atoms with Crippen molar-refractivity contribution in [2.75, 3.05) is 19.0 Å². The van der Waals surface area contributed by atoms with Crippen LogP contribution in [0.4, 0.5) is 23.7 Å². The lowest BCUT2D eigenvalue weighted by Crippen LogP contribution is -2.30. The van der Waals surface area contributed by atoms with E-state index in [-0.39, 0.29) is 5.69 Å². The van der Waals surface area contributed by atoms with Crippen molar-refractivity contribution in [3.8, 4) is 5.75 Å². The molecule has 0 atom stereocenters. The van der Waals surface area contributed by atoms with Crippen LogP contribution < -0.4 is 15.4 Å². The van der Waals surface area contributed by atoms with Gasteiger partial charge in [0.2, 0.25) is 0 Å². The standard InChI is InChI=1S/C17H16ClF3N2O2/c1-25-15-5-3-2-4-11(15)8-9-22-16(24)23-12-6-7-14(18)13(10-12)17(19,20)21/h2-7,10H,8-9H2,1H3,(H2,22,23,24). The molecule has 2 N–H and O–H groups in total. The number of methoxy groups -OCH3 is 1. The molecule has 0 aliphatic rings. The van der Waals surface area contributed by atoms with Crippen molar-refractivity contribution in [1.29, 1.82) is 0 Å². The number of hydrogen-bond acceptors (Lipinski definition) is 2. The predicted molar refractivity (Wildman–Crippen MR) is 90.2 cm³/mol. The first kappa shape index (κ1) is 18.9. The maximum absolute atomic E-state index is 12.8. The molecule has 0 fully saturated rings. The highest BCUT2D eigenvalue weighted by atomic mass is 35.5. The Labute approximate surface area is 147 Å². The molecule has 0 aliphatic carbocycles. The van der Waals surface area contributed by atoms with Crippen LogP contribution in [-0.4, -0.2) is 19.7 Å². The summed E-state index contributed by atoms with van der Waals surface area (Å²) in [6.07, 6.45) is -4.07. The number of nitrogens with one attached hydrogen (secondary N) is 2. The molecule has 0 saturated heterocycles. The average Bonchev–Trinajstić information content (AvgIpc) is 2.56. The normalized spacial score (nSPS) is 11.1. The van der Waals surface area contributed by atoms with Gasteiger partial charge in [-0.05, 0) is 36.2 Å². The fourth-order valence-corrected chi connectivity index (χ4v) is 2.44. The molecule has 0 saturated carbocycles. The summed E-state index contributed by atoms with van der Waals surface area (Å²) in [5.74, 6) is 0.706. The molecule has 4 nitrogen and oxygen atoms in total. The van der Waals surface area contributed by atoms with E-state index < -0.39 is 22.8 Å². The molecular weight excluding hydrogens is 357 g/mol. The number of benzene rings is 2. The van der Waals surface area contributed by atoms with Crippen LogP contribution in [0, 0.1) is 0 Å². The quantitative estimate of drug-likeness (QED) is 0.797. The van der Waals surface area contributed by atoms with Crippen LogP contribution in [0.15, 0.2) is 42.5 Å². The van der Waals surface area contributed by atoms with Crippen LogP contribution in [0.25, 0.3) is 0 Å². The largest absolute Gasteiger partial charge is 0.496 e. The number of ether oxygens (including phenoxy) is 1. The molecule has 2 aromatic carbocycles. The number of carbonyl (C=O) groups excluding carboxylic acids is 1. The van der Waals surface area contributed by atoms with Gasteiger partial charge >= 0.3 is 12.2 Å². The monoisotopic (exact) mass is 372 g/mol. The molecule has 2 amide bonds. The SMILES string of the molecule is COc1ccccc1CCNC(=O)Nc1ccc(Cl)c(C(F)(F)F)c1. The number of para-hydroxylation sites is 1. The second-order valence-electron chi connectivity index (χ2n) is 5.14. The summed E-state index contributed by atoms with van der Waals surface area (Å²) < 4.78 is 43.6. The molecule has 0 unspecified atom stereocenters. The van der Waals surface area contributed by atoms with Gasteiger partial charge in [0, 0.05) is 12.2 Å². The minimum atomic E-state index is -4.59. The molecular formula is C17H16ClF3N2O2. The Bertz CT molecular complexity index is 751. The molecule has 134 valence electrons. The van der Waals surface area contributed by atoms with E-state index in [2.05, 4.69) is 10.6 Å². The first-order chi connectivity index (χ1) is 11.8. The maximum atomic E-state index is 12.8. The number of anilines is 1. The van der Waals surface area contributed by atoms with Gasteiger partial charge in [0.15, 0.2) is 0 Å². The van der Waals surface area contributed by atoms with E-state index >= 15 is 0 Å². The Morgan fingerprint density at radius 2 is 1.92 bits per heavy atom. The third-order valence-electron chi connectivity index (χ3n) is 3.40. The molecule has 2 aromatic rings. The van der Waals surface area contributed by atoms with E-state index in [0.29, 0.717) is 18.7 Å². The molecule has 0 bridgehead atoms. The zero-order valence-electron chi connectivity index (χ0n) is 13.3. The number of halogens is 4. The van der Waals surface area contributed by atoms with Gasteiger partial charge in [0.25, 0.3) is 0 Å². The smallest absolute Gasteiger partial charge is 0.417 e. The average molecular weight is 373 g/mol. The van der Waals surface area contributed by atoms with Crippen molar-refractivity contribution in [3.05, 3.63) is 58.6 Å². The molecule has 0 heterocycles. The molecule has 0 aliphatic heterocycles. The fraction of sp³-hybridized carbons (Fsp3) is 0.235. The third-order valence-corrected chi connectivity index (χ3v) is 3.73. The number of carbonyl (C=O) groups is 1. The molecule has 2 rings (SSSR count). The van der Waals surface area contributed by atoms with Crippen molar-refractivity contribution in [2.45, 2.75) is 12.6 Å². The van der Waals surface area contributed by atoms with Gasteiger partial charge in [-0.25, -0.2) is 4.79 Å². The number of alkyl halides is 3. The van der Waals surface area contributed by atoms with Crippen LogP contribution in [-0.2, 0) is 12.6 Å². The predicted octanol–water partition coefficient (Wildman–Crippen LogP) is 4.73. The molecule has 0 radical (unpaired) electrons. The van der Waals surface area contributed by atoms with Gasteiger partial charge in [-0.2, -0.15) is 13.2 Å². The van der Waals surface area contributed by atoms with Crippen molar-refractivity contribution >= 4 is 23.3 Å². The van der Waals surface area contributed by atoms with E-state index in [1.807, 2.05) is 24.3 Å². The van der Waals surface area contributed by atoms with E-state index in [1.54, 1.807) is 7.11 Å². The van der Waals surface area contributed by atoms with Gasteiger partial charge in [0.1, 0.15) is 5.75 Å². The summed E-state index contributed by atoms with van der Waals surface area (Å²) in [5.41, 5.74) is -0.0799. The Hall–Kier alpha value is -2.41. The summed E-state index contributed by atoms with van der Waals surface area (Å²) in [5, 5.41) is 4.52. The van der Waals surface area contributed by atoms with E-state index in [0.717, 1.165) is 17.7 Å². The zero-order valence-corrected chi connectivity index (χ0v) is 14.0. The van der Waals surface area contributed by atoms with E-state index in [9.17, 15) is 18.0 Å². The van der Waals surface area contributed by atoms with Crippen LogP contribution >= 0.6 is 11.6 Å². The zero-order chi connectivity index (χ0) is 18.4. The molecule has 0 aromatic heterocycles. The van der Waals surface area contributed by atoms with Crippen molar-refractivity contribution < 1.29 is 22.7 Å². The highest BCUT2D eigenvalue weighted by Gasteiger charge is 2.33. The third kappa shape index (κ3) is 5.29. The summed E-state index contributed by atoms with van der Waals surface area (Å²) in [6, 6.07) is 9.94. The first-order valence-electron chi connectivity index (χ1n) is 7.34. The fourth-order valence-electron chi connectivity index (χ4n) is 2.22. The van der Waals surface area contributed by atoms with Crippen molar-refractivity contribution in [2.24, 2.45) is 0 Å². The minimum absolute atomic E-state index is 0.00603. The highest BCUT2D eigenvalue weighted by Crippen LogP contribution is 2.36. The van der Waals surface area contributed by atoms with Gasteiger partial charge in [0.05, 0.1) is 17.7 Å². The summed E-state index contributed by atoms with van der Waals surface area (Å²) in [4.78, 5) is 11.8. The lowest BCUT2D eigenvalue weighted by Gasteiger charge is -2.13. The van der Waals surface area contributed by atoms with E-state index in [4.69, 9.17) is 16.3 Å². The first-order valence-corrected chi connectivity index (χ1v) is 7.72. The molecule has 25 heavy (non-hydrogen) atoms. The van der Waals surface area contributed by atoms with Crippen LogP contribution in [0.1, 0.15) is 11.1 Å². The van der Waals surface area contributed by atoms with Gasteiger partial charge < -0.3 is 15.4 Å². The van der Waals surface area contributed by atoms with Crippen LogP contribution in [0.5, 0.6) is 5.75 Å². The number of urea groups is 1. The Kier molecular flexibility index (Phi) is 6.14. The van der Waals surface area contributed by atoms with Crippen molar-refractivity contribution in [1.82, 2.24) is 5.32 Å². The summed E-state index contributed by atoms with van der Waals surface area (Å²) in [6.45, 7) is 0.298. The van der Waals surface area contributed by atoms with Crippen LogP contribution in [0.3, 0.4) is 0 Å². The maximum Gasteiger partial charge on any atom is 0.417 e. The second-order valence-corrected chi connectivity index (χ2v) is 5.54. The topological polar surface area (TPSA) is 50.4 Å². The Balaban J connectivity index is 1.92.